The van der Waals surface area contributed by atoms with Crippen molar-refractivity contribution >= 4 is 29.2 Å². The van der Waals surface area contributed by atoms with Crippen LogP contribution in [0.2, 0.25) is 0 Å². The van der Waals surface area contributed by atoms with E-state index in [-0.39, 0.29) is 0 Å². The number of carbonyl (C=O) groups is 3. The summed E-state index contributed by atoms with van der Waals surface area (Å²) >= 11 is 1.35. The van der Waals surface area contributed by atoms with Crippen LogP contribution in [0, 0.1) is 6.92 Å². The van der Waals surface area contributed by atoms with Crippen LogP contribution in [0.4, 0.5) is 4.79 Å². The van der Waals surface area contributed by atoms with Crippen LogP contribution in [0.15, 0.2) is 36.4 Å². The summed E-state index contributed by atoms with van der Waals surface area (Å²) in [6.45, 7) is 3.94. The molecule has 0 aliphatic heterocycles. The van der Waals surface area contributed by atoms with E-state index in [9.17, 15) is 14.4 Å². The molecule has 25 heavy (non-hydrogen) atoms. The molecular formula is C18H20N2O4S. The Kier molecular flexibility index (Phi) is 6.30. The van der Waals surface area contributed by atoms with Gasteiger partial charge in [0.15, 0.2) is 0 Å². The van der Waals surface area contributed by atoms with Crippen LogP contribution in [0.3, 0.4) is 0 Å². The number of hydrogen-bond acceptors (Lipinski definition) is 5. The normalized spacial score (nSPS) is 11.5. The smallest absolute Gasteiger partial charge is 0.349 e. The molecule has 1 atom stereocenters. The quantitative estimate of drug-likeness (QED) is 0.803. The number of aryl methyl sites for hydroxylation is 2. The van der Waals surface area contributed by atoms with Crippen LogP contribution in [0.1, 0.15) is 38.7 Å². The Morgan fingerprint density at radius 3 is 2.44 bits per heavy atom. The number of amides is 3. The maximum Gasteiger partial charge on any atom is 0.349 e. The number of esters is 1. The molecule has 7 heteroatoms. The highest BCUT2D eigenvalue weighted by Crippen LogP contribution is 2.26. The number of rotatable bonds is 5. The number of hydrogen-bond donors (Lipinski definition) is 2. The summed E-state index contributed by atoms with van der Waals surface area (Å²) in [4.78, 5) is 37.8. The van der Waals surface area contributed by atoms with Crippen LogP contribution < -0.4 is 10.6 Å². The van der Waals surface area contributed by atoms with Crippen LogP contribution >= 0.6 is 11.3 Å². The Morgan fingerprint density at radius 2 is 1.88 bits per heavy atom. The molecule has 0 fully saturated rings. The predicted molar refractivity (Wildman–Crippen MR) is 95.6 cm³/mol. The number of thiophene rings is 1. The summed E-state index contributed by atoms with van der Waals surface area (Å²) in [5, 5.41) is 4.45. The first-order valence-electron chi connectivity index (χ1n) is 7.84. The van der Waals surface area contributed by atoms with E-state index in [4.69, 9.17) is 4.74 Å². The van der Waals surface area contributed by atoms with Gasteiger partial charge in [-0.2, -0.15) is 0 Å². The average Bonchev–Trinajstić information content (AvgIpc) is 3.00. The molecule has 3 amide bonds. The van der Waals surface area contributed by atoms with E-state index >= 15 is 0 Å². The number of imide groups is 1. The minimum atomic E-state index is -1.21. The van der Waals surface area contributed by atoms with Crippen molar-refractivity contribution in [3.05, 3.63) is 57.3 Å². The van der Waals surface area contributed by atoms with Gasteiger partial charge in [-0.05, 0) is 25.0 Å². The second-order valence-corrected chi connectivity index (χ2v) is 6.47. The molecule has 0 aliphatic carbocycles. The highest BCUT2D eigenvalue weighted by Gasteiger charge is 2.27. The van der Waals surface area contributed by atoms with Crippen LogP contribution in [-0.2, 0) is 16.0 Å². The number of benzene rings is 1. The fourth-order valence-corrected chi connectivity index (χ4v) is 3.27. The SMILES string of the molecule is CCc1sc(C(=O)O[C@H](C(=O)NC(=O)NC)c2ccccc2)cc1C. The minimum Gasteiger partial charge on any atom is -0.443 e. The second-order valence-electron chi connectivity index (χ2n) is 5.33. The van der Waals surface area contributed by atoms with Gasteiger partial charge >= 0.3 is 12.0 Å². The van der Waals surface area contributed by atoms with Gasteiger partial charge < -0.3 is 10.1 Å². The van der Waals surface area contributed by atoms with E-state index < -0.39 is 24.0 Å². The Labute approximate surface area is 150 Å². The Hall–Kier alpha value is -2.67. The maximum absolute atomic E-state index is 12.5. The van der Waals surface area contributed by atoms with E-state index in [0.717, 1.165) is 16.9 Å². The Bertz CT molecular complexity index is 771. The van der Waals surface area contributed by atoms with E-state index in [1.54, 1.807) is 36.4 Å². The summed E-state index contributed by atoms with van der Waals surface area (Å²) in [6.07, 6.45) is -0.387. The highest BCUT2D eigenvalue weighted by atomic mass is 32.1. The van der Waals surface area contributed by atoms with Gasteiger partial charge in [0.25, 0.3) is 5.91 Å². The van der Waals surface area contributed by atoms with Gasteiger partial charge in [0.1, 0.15) is 4.88 Å². The van der Waals surface area contributed by atoms with Gasteiger partial charge in [0.2, 0.25) is 6.10 Å². The lowest BCUT2D eigenvalue weighted by Gasteiger charge is -2.17. The van der Waals surface area contributed by atoms with Crippen LogP contribution in [-0.4, -0.2) is 25.0 Å². The second kappa shape index (κ2) is 8.43. The third-order valence-electron chi connectivity index (χ3n) is 3.57. The molecule has 1 aromatic carbocycles. The number of nitrogens with one attached hydrogen (secondary N) is 2. The Morgan fingerprint density at radius 1 is 1.20 bits per heavy atom. The van der Waals surface area contributed by atoms with Crippen molar-refractivity contribution in [2.75, 3.05) is 7.05 Å². The standard InChI is InChI=1S/C18H20N2O4S/c1-4-13-11(2)10-14(25-13)17(22)24-15(12-8-6-5-7-9-12)16(21)20-18(23)19-3/h5-10,15H,4H2,1-3H3,(H2,19,20,21,23)/t15-/m0/s1. The largest absolute Gasteiger partial charge is 0.443 e. The van der Waals surface area contributed by atoms with Crippen molar-refractivity contribution in [2.45, 2.75) is 26.4 Å². The molecule has 132 valence electrons. The average molecular weight is 360 g/mol. The summed E-state index contributed by atoms with van der Waals surface area (Å²) in [6, 6.07) is 9.67. The third-order valence-corrected chi connectivity index (χ3v) is 4.93. The lowest BCUT2D eigenvalue weighted by atomic mass is 10.1. The molecular weight excluding hydrogens is 340 g/mol. The van der Waals surface area contributed by atoms with Crippen molar-refractivity contribution in [1.82, 2.24) is 10.6 Å². The van der Waals surface area contributed by atoms with Crippen LogP contribution in [0.25, 0.3) is 0 Å². The zero-order valence-corrected chi connectivity index (χ0v) is 15.1. The molecule has 6 nitrogen and oxygen atoms in total. The molecule has 0 spiro atoms. The first-order valence-corrected chi connectivity index (χ1v) is 8.65. The van der Waals surface area contributed by atoms with Crippen molar-refractivity contribution in [2.24, 2.45) is 0 Å². The third kappa shape index (κ3) is 4.67. The number of urea groups is 1. The monoisotopic (exact) mass is 360 g/mol. The van der Waals surface area contributed by atoms with Gasteiger partial charge in [0.05, 0.1) is 0 Å². The van der Waals surface area contributed by atoms with Crippen molar-refractivity contribution < 1.29 is 19.1 Å². The first kappa shape index (κ1) is 18.7. The van der Waals surface area contributed by atoms with E-state index in [0.29, 0.717) is 10.4 Å². The van der Waals surface area contributed by atoms with Gasteiger partial charge in [-0.3, -0.25) is 10.1 Å². The molecule has 1 aromatic heterocycles. The van der Waals surface area contributed by atoms with Crippen molar-refractivity contribution in [1.29, 1.82) is 0 Å². The lowest BCUT2D eigenvalue weighted by Crippen LogP contribution is -2.41. The van der Waals surface area contributed by atoms with Crippen molar-refractivity contribution in [3.63, 3.8) is 0 Å². The molecule has 1 heterocycles. The molecule has 2 rings (SSSR count). The first-order chi connectivity index (χ1) is 12.0. The fraction of sp³-hybridized carbons (Fsp3) is 0.278. The molecule has 0 saturated carbocycles. The maximum atomic E-state index is 12.5. The summed E-state index contributed by atoms with van der Waals surface area (Å²) in [5.41, 5.74) is 1.51. The number of ether oxygens (including phenoxy) is 1. The van der Waals surface area contributed by atoms with Gasteiger partial charge in [-0.15, -0.1) is 11.3 Å². The topological polar surface area (TPSA) is 84.5 Å². The minimum absolute atomic E-state index is 0.433. The Balaban J connectivity index is 2.24. The summed E-state index contributed by atoms with van der Waals surface area (Å²) in [7, 11) is 1.40. The van der Waals surface area contributed by atoms with Crippen LogP contribution in [0.5, 0.6) is 0 Å². The molecule has 0 unspecified atom stereocenters. The van der Waals surface area contributed by atoms with E-state index in [2.05, 4.69) is 10.6 Å². The van der Waals surface area contributed by atoms with Gasteiger partial charge in [-0.25, -0.2) is 9.59 Å². The zero-order chi connectivity index (χ0) is 18.4. The summed E-state index contributed by atoms with van der Waals surface area (Å²) in [5.74, 6) is -1.29. The molecule has 0 saturated heterocycles. The molecule has 0 bridgehead atoms. The van der Waals surface area contributed by atoms with Crippen molar-refractivity contribution in [3.8, 4) is 0 Å². The van der Waals surface area contributed by atoms with E-state index in [1.807, 2.05) is 13.8 Å². The molecule has 2 N–H and O–H groups in total. The van der Waals surface area contributed by atoms with Gasteiger partial charge in [0, 0.05) is 17.5 Å². The van der Waals surface area contributed by atoms with Gasteiger partial charge in [-0.1, -0.05) is 37.3 Å². The summed E-state index contributed by atoms with van der Waals surface area (Å²) < 4.78 is 5.42. The number of carbonyl (C=O) groups excluding carboxylic acids is 3. The molecule has 0 aliphatic rings. The lowest BCUT2D eigenvalue weighted by molar-refractivity contribution is -0.129. The fourth-order valence-electron chi connectivity index (χ4n) is 2.28. The van der Waals surface area contributed by atoms with E-state index in [1.165, 1.54) is 18.4 Å². The molecule has 2 aromatic rings. The molecule has 0 radical (unpaired) electrons. The predicted octanol–water partition coefficient (Wildman–Crippen LogP) is 2.97. The highest BCUT2D eigenvalue weighted by molar-refractivity contribution is 7.14. The zero-order valence-electron chi connectivity index (χ0n) is 14.3.